The number of rotatable bonds is 3. The van der Waals surface area contributed by atoms with Crippen LogP contribution in [0.4, 0.5) is 20.6 Å². The molecule has 1 atom stereocenters. The molecule has 8 nitrogen and oxygen atoms in total. The van der Waals surface area contributed by atoms with Gasteiger partial charge in [0.15, 0.2) is 0 Å². The number of nitrogens with zero attached hydrogens (tertiary/aromatic N) is 2. The summed E-state index contributed by atoms with van der Waals surface area (Å²) in [7, 11) is 0. The maximum absolute atomic E-state index is 14.5. The molecular weight excluding hydrogens is 321 g/mol. The Bertz CT molecular complexity index is 696. The van der Waals surface area contributed by atoms with Crippen LogP contribution in [0.15, 0.2) is 18.2 Å². The lowest BCUT2D eigenvalue weighted by molar-refractivity contribution is -0.144. The summed E-state index contributed by atoms with van der Waals surface area (Å²) in [6.07, 6.45) is -1.80. The van der Waals surface area contributed by atoms with Gasteiger partial charge in [0, 0.05) is 26.1 Å². The average Bonchev–Trinajstić information content (AvgIpc) is 2.80. The van der Waals surface area contributed by atoms with E-state index in [9.17, 15) is 18.8 Å². The van der Waals surface area contributed by atoms with Gasteiger partial charge in [0.1, 0.15) is 5.82 Å². The molecule has 2 N–H and O–H groups in total. The van der Waals surface area contributed by atoms with Gasteiger partial charge in [0.05, 0.1) is 17.9 Å². The van der Waals surface area contributed by atoms with Gasteiger partial charge < -0.3 is 20.1 Å². The highest BCUT2D eigenvalue weighted by Crippen LogP contribution is 2.28. The molecule has 0 aliphatic carbocycles. The normalized spacial score (nSPS) is 21.3. The SMILES string of the molecule is O=C1CCN(c2ccc(N3C[C@H](C(=O)O)OC3=O)cc2F)CCN1. The molecule has 3 rings (SSSR count). The Balaban J connectivity index is 1.79. The van der Waals surface area contributed by atoms with E-state index in [2.05, 4.69) is 5.32 Å². The first-order valence-corrected chi connectivity index (χ1v) is 7.48. The molecule has 1 aromatic rings. The van der Waals surface area contributed by atoms with Gasteiger partial charge in [-0.3, -0.25) is 9.69 Å². The first-order valence-electron chi connectivity index (χ1n) is 7.48. The number of anilines is 2. The Morgan fingerprint density at radius 3 is 2.79 bits per heavy atom. The van der Waals surface area contributed by atoms with Crippen molar-refractivity contribution in [1.29, 1.82) is 0 Å². The number of halogens is 1. The molecule has 0 aromatic heterocycles. The van der Waals surface area contributed by atoms with Crippen molar-refractivity contribution in [3.63, 3.8) is 0 Å². The van der Waals surface area contributed by atoms with E-state index in [-0.39, 0.29) is 24.6 Å². The largest absolute Gasteiger partial charge is 0.478 e. The summed E-state index contributed by atoms with van der Waals surface area (Å²) in [6, 6.07) is 4.22. The molecule has 9 heteroatoms. The van der Waals surface area contributed by atoms with Crippen LogP contribution in [0.5, 0.6) is 0 Å². The summed E-state index contributed by atoms with van der Waals surface area (Å²) >= 11 is 0. The van der Waals surface area contributed by atoms with Crippen molar-refractivity contribution in [3.8, 4) is 0 Å². The molecule has 0 saturated carbocycles. The molecule has 2 amide bonds. The minimum Gasteiger partial charge on any atom is -0.478 e. The molecule has 1 aromatic carbocycles. The maximum atomic E-state index is 14.5. The first-order chi connectivity index (χ1) is 11.5. The first kappa shape index (κ1) is 16.0. The fraction of sp³-hybridized carbons (Fsp3) is 0.400. The Kier molecular flexibility index (Phi) is 4.24. The van der Waals surface area contributed by atoms with E-state index >= 15 is 0 Å². The summed E-state index contributed by atoms with van der Waals surface area (Å²) < 4.78 is 19.2. The highest BCUT2D eigenvalue weighted by Gasteiger charge is 2.37. The summed E-state index contributed by atoms with van der Waals surface area (Å²) in [6.45, 7) is 1.14. The molecule has 0 spiro atoms. The molecule has 2 aliphatic heterocycles. The summed E-state index contributed by atoms with van der Waals surface area (Å²) in [4.78, 5) is 36.8. The van der Waals surface area contributed by atoms with Crippen molar-refractivity contribution in [1.82, 2.24) is 5.32 Å². The number of carbonyl (C=O) groups excluding carboxylic acids is 2. The van der Waals surface area contributed by atoms with Crippen LogP contribution in [0, 0.1) is 5.82 Å². The second-order valence-electron chi connectivity index (χ2n) is 5.54. The number of carbonyl (C=O) groups is 3. The van der Waals surface area contributed by atoms with Crippen LogP contribution in [0.25, 0.3) is 0 Å². The minimum atomic E-state index is -1.26. The second-order valence-corrected chi connectivity index (χ2v) is 5.54. The minimum absolute atomic E-state index is 0.0750. The molecule has 2 saturated heterocycles. The van der Waals surface area contributed by atoms with Crippen molar-refractivity contribution in [3.05, 3.63) is 24.0 Å². The number of benzene rings is 1. The summed E-state index contributed by atoms with van der Waals surface area (Å²) in [5.74, 6) is -1.87. The van der Waals surface area contributed by atoms with Crippen LogP contribution in [0.1, 0.15) is 6.42 Å². The van der Waals surface area contributed by atoms with Gasteiger partial charge >= 0.3 is 12.1 Å². The van der Waals surface area contributed by atoms with Crippen LogP contribution in [-0.2, 0) is 14.3 Å². The van der Waals surface area contributed by atoms with Gasteiger partial charge in [-0.2, -0.15) is 0 Å². The number of carboxylic acid groups (broad SMARTS) is 1. The summed E-state index contributed by atoms with van der Waals surface area (Å²) in [5.41, 5.74) is 0.562. The smallest absolute Gasteiger partial charge is 0.415 e. The zero-order valence-electron chi connectivity index (χ0n) is 12.7. The maximum Gasteiger partial charge on any atom is 0.415 e. The van der Waals surface area contributed by atoms with Crippen molar-refractivity contribution in [2.45, 2.75) is 12.5 Å². The molecular formula is C15H16FN3O5. The third kappa shape index (κ3) is 3.10. The predicted molar refractivity (Wildman–Crippen MR) is 81.5 cm³/mol. The van der Waals surface area contributed by atoms with E-state index < -0.39 is 24.0 Å². The Labute approximate surface area is 136 Å². The third-order valence-corrected chi connectivity index (χ3v) is 3.98. The Morgan fingerprint density at radius 1 is 1.33 bits per heavy atom. The Hall–Kier alpha value is -2.84. The molecule has 0 bridgehead atoms. The third-order valence-electron chi connectivity index (χ3n) is 3.98. The van der Waals surface area contributed by atoms with Crippen molar-refractivity contribution >= 4 is 29.3 Å². The number of nitrogens with one attached hydrogen (secondary N) is 1. The number of cyclic esters (lactones) is 1. The average molecular weight is 337 g/mol. The van der Waals surface area contributed by atoms with Crippen molar-refractivity contribution in [2.24, 2.45) is 0 Å². The van der Waals surface area contributed by atoms with E-state index in [1.165, 1.54) is 18.2 Å². The predicted octanol–water partition coefficient (Wildman–Crippen LogP) is 0.562. The van der Waals surface area contributed by atoms with E-state index in [0.29, 0.717) is 25.3 Å². The molecule has 0 radical (unpaired) electrons. The topological polar surface area (TPSA) is 99.2 Å². The number of carboxylic acids is 1. The monoisotopic (exact) mass is 337 g/mol. The quantitative estimate of drug-likeness (QED) is 0.836. The zero-order valence-corrected chi connectivity index (χ0v) is 12.7. The standard InChI is InChI=1S/C15H16FN3O5/c16-10-7-9(19-8-12(14(21)22)24-15(19)23)1-2-11(10)18-5-3-13(20)17-4-6-18/h1-2,7,12H,3-6,8H2,(H,17,20)(H,21,22)/t12-/m1/s1. The lowest BCUT2D eigenvalue weighted by atomic mass is 10.2. The van der Waals surface area contributed by atoms with Crippen molar-refractivity contribution in [2.75, 3.05) is 36.0 Å². The van der Waals surface area contributed by atoms with E-state index in [1.807, 2.05) is 0 Å². The van der Waals surface area contributed by atoms with Gasteiger partial charge in [0.25, 0.3) is 0 Å². The molecule has 128 valence electrons. The molecule has 2 aliphatic rings. The van der Waals surface area contributed by atoms with Gasteiger partial charge in [-0.05, 0) is 18.2 Å². The van der Waals surface area contributed by atoms with Crippen LogP contribution in [0.3, 0.4) is 0 Å². The van der Waals surface area contributed by atoms with Crippen LogP contribution < -0.4 is 15.1 Å². The van der Waals surface area contributed by atoms with E-state index in [0.717, 1.165) is 4.90 Å². The summed E-state index contributed by atoms with van der Waals surface area (Å²) in [5, 5.41) is 11.6. The lowest BCUT2D eigenvalue weighted by Crippen LogP contribution is -2.30. The lowest BCUT2D eigenvalue weighted by Gasteiger charge is -2.23. The van der Waals surface area contributed by atoms with Gasteiger partial charge in [-0.1, -0.05) is 0 Å². The number of ether oxygens (including phenoxy) is 1. The van der Waals surface area contributed by atoms with Crippen LogP contribution in [-0.4, -0.2) is 55.4 Å². The highest BCUT2D eigenvalue weighted by atomic mass is 19.1. The highest BCUT2D eigenvalue weighted by molar-refractivity contribution is 5.94. The Morgan fingerprint density at radius 2 is 2.12 bits per heavy atom. The molecule has 2 fully saturated rings. The fourth-order valence-electron chi connectivity index (χ4n) is 2.73. The number of hydrogen-bond acceptors (Lipinski definition) is 5. The number of amides is 2. The fourth-order valence-corrected chi connectivity index (χ4v) is 2.73. The molecule has 2 heterocycles. The van der Waals surface area contributed by atoms with E-state index in [4.69, 9.17) is 9.84 Å². The van der Waals surface area contributed by atoms with E-state index in [1.54, 1.807) is 4.90 Å². The van der Waals surface area contributed by atoms with Crippen molar-refractivity contribution < 1.29 is 28.6 Å². The zero-order chi connectivity index (χ0) is 17.3. The number of aliphatic carboxylic acids is 1. The number of hydrogen-bond donors (Lipinski definition) is 2. The van der Waals surface area contributed by atoms with Gasteiger partial charge in [-0.15, -0.1) is 0 Å². The van der Waals surface area contributed by atoms with Gasteiger partial charge in [-0.25, -0.2) is 14.0 Å². The molecule has 24 heavy (non-hydrogen) atoms. The van der Waals surface area contributed by atoms with Crippen LogP contribution in [0.2, 0.25) is 0 Å². The second kappa shape index (κ2) is 6.34. The molecule has 0 unspecified atom stereocenters. The van der Waals surface area contributed by atoms with Gasteiger partial charge in [0.2, 0.25) is 12.0 Å². The van der Waals surface area contributed by atoms with Crippen LogP contribution >= 0.6 is 0 Å².